The van der Waals surface area contributed by atoms with Crippen molar-refractivity contribution in [1.82, 2.24) is 9.80 Å². The number of likely N-dealkylation sites (tertiary alicyclic amines) is 2. The average molecular weight is 359 g/mol. The van der Waals surface area contributed by atoms with Gasteiger partial charge in [0.25, 0.3) is 5.91 Å². The fourth-order valence-electron chi connectivity index (χ4n) is 4.17. The van der Waals surface area contributed by atoms with Gasteiger partial charge >= 0.3 is 5.97 Å². The van der Waals surface area contributed by atoms with E-state index in [0.29, 0.717) is 31.5 Å². The summed E-state index contributed by atoms with van der Waals surface area (Å²) in [6, 6.07) is 7.44. The summed E-state index contributed by atoms with van der Waals surface area (Å²) in [4.78, 5) is 41.8. The number of carboxylic acids is 1. The van der Waals surface area contributed by atoms with Gasteiger partial charge in [-0.2, -0.15) is 0 Å². The molecule has 0 aliphatic carbocycles. The van der Waals surface area contributed by atoms with E-state index in [9.17, 15) is 19.5 Å². The summed E-state index contributed by atoms with van der Waals surface area (Å²) in [5.41, 5.74) is 0.973. The molecule has 1 N–H and O–H groups in total. The molecule has 1 aromatic carbocycles. The van der Waals surface area contributed by atoms with Gasteiger partial charge in [-0.1, -0.05) is 0 Å². The zero-order chi connectivity index (χ0) is 19.1. The summed E-state index contributed by atoms with van der Waals surface area (Å²) in [6.07, 6.45) is 1.03. The first-order valence-electron chi connectivity index (χ1n) is 8.82. The average Bonchev–Trinajstić information content (AvgIpc) is 2.87. The van der Waals surface area contributed by atoms with E-state index in [4.69, 9.17) is 0 Å². The van der Waals surface area contributed by atoms with E-state index in [2.05, 4.69) is 0 Å². The molecule has 2 amide bonds. The number of carbonyl (C=O) groups is 3. The van der Waals surface area contributed by atoms with Crippen LogP contribution in [0.1, 0.15) is 29.6 Å². The van der Waals surface area contributed by atoms with Crippen molar-refractivity contribution in [2.75, 3.05) is 39.1 Å². The lowest BCUT2D eigenvalue weighted by Gasteiger charge is -2.45. The lowest BCUT2D eigenvalue weighted by Crippen LogP contribution is -2.56. The Balaban J connectivity index is 1.72. The molecule has 0 saturated carbocycles. The molecule has 1 aromatic rings. The number of nitrogens with zero attached hydrogens (tertiary/aromatic N) is 3. The second-order valence-corrected chi connectivity index (χ2v) is 7.38. The van der Waals surface area contributed by atoms with Crippen molar-refractivity contribution in [1.29, 1.82) is 0 Å². The van der Waals surface area contributed by atoms with Gasteiger partial charge in [0.1, 0.15) is 0 Å². The molecular weight excluding hydrogens is 334 g/mol. The number of aliphatic carboxylic acids is 1. The van der Waals surface area contributed by atoms with Crippen LogP contribution in [0.25, 0.3) is 0 Å². The number of hydrogen-bond acceptors (Lipinski definition) is 4. The SMILES string of the molecule is CN(C)c1ccc(C(=O)N2CCC3(CC2)C(C(=O)O)CC(=O)N3C)cc1. The highest BCUT2D eigenvalue weighted by molar-refractivity contribution is 5.95. The highest BCUT2D eigenvalue weighted by atomic mass is 16.4. The van der Waals surface area contributed by atoms with Crippen LogP contribution in [0.5, 0.6) is 0 Å². The van der Waals surface area contributed by atoms with Crippen LogP contribution in [0.2, 0.25) is 0 Å². The van der Waals surface area contributed by atoms with Crippen LogP contribution >= 0.6 is 0 Å². The van der Waals surface area contributed by atoms with E-state index >= 15 is 0 Å². The molecule has 26 heavy (non-hydrogen) atoms. The molecule has 0 aromatic heterocycles. The number of hydrogen-bond donors (Lipinski definition) is 1. The Morgan fingerprint density at radius 2 is 1.73 bits per heavy atom. The van der Waals surface area contributed by atoms with Gasteiger partial charge in [0.05, 0.1) is 11.5 Å². The van der Waals surface area contributed by atoms with Crippen molar-refractivity contribution in [2.45, 2.75) is 24.8 Å². The second-order valence-electron chi connectivity index (χ2n) is 7.38. The predicted octanol–water partition coefficient (Wildman–Crippen LogP) is 1.29. The predicted molar refractivity (Wildman–Crippen MR) is 97.2 cm³/mol. The minimum Gasteiger partial charge on any atom is -0.481 e. The molecule has 2 heterocycles. The van der Waals surface area contributed by atoms with Crippen LogP contribution in [0.3, 0.4) is 0 Å². The maximum absolute atomic E-state index is 12.8. The number of benzene rings is 1. The maximum atomic E-state index is 12.8. The van der Waals surface area contributed by atoms with E-state index in [0.717, 1.165) is 5.69 Å². The van der Waals surface area contributed by atoms with E-state index in [1.54, 1.807) is 16.8 Å². The third-order valence-electron chi connectivity index (χ3n) is 5.91. The Morgan fingerprint density at radius 3 is 2.23 bits per heavy atom. The summed E-state index contributed by atoms with van der Waals surface area (Å²) in [7, 11) is 5.57. The lowest BCUT2D eigenvalue weighted by atomic mass is 9.77. The number of anilines is 1. The summed E-state index contributed by atoms with van der Waals surface area (Å²) in [5.74, 6) is -1.81. The highest BCUT2D eigenvalue weighted by Crippen LogP contribution is 2.43. The van der Waals surface area contributed by atoms with Gasteiger partial charge in [-0.3, -0.25) is 14.4 Å². The Hall–Kier alpha value is -2.57. The smallest absolute Gasteiger partial charge is 0.309 e. The van der Waals surface area contributed by atoms with Gasteiger partial charge in [0, 0.05) is 51.9 Å². The van der Waals surface area contributed by atoms with Crippen LogP contribution < -0.4 is 4.90 Å². The molecule has 7 heteroatoms. The third-order valence-corrected chi connectivity index (χ3v) is 5.91. The molecular formula is C19H25N3O4. The molecule has 2 saturated heterocycles. The monoisotopic (exact) mass is 359 g/mol. The van der Waals surface area contributed by atoms with Gasteiger partial charge in [-0.25, -0.2) is 0 Å². The molecule has 140 valence electrons. The summed E-state index contributed by atoms with van der Waals surface area (Å²) in [5, 5.41) is 9.53. The van der Waals surface area contributed by atoms with Crippen LogP contribution in [0.15, 0.2) is 24.3 Å². The molecule has 7 nitrogen and oxygen atoms in total. The number of amides is 2. The van der Waals surface area contributed by atoms with Gasteiger partial charge < -0.3 is 19.8 Å². The van der Waals surface area contributed by atoms with E-state index in [1.165, 1.54) is 0 Å². The Morgan fingerprint density at radius 1 is 1.15 bits per heavy atom. The zero-order valence-corrected chi connectivity index (χ0v) is 15.4. The third kappa shape index (κ3) is 2.91. The molecule has 2 aliphatic heterocycles. The molecule has 2 fully saturated rings. The molecule has 1 atom stereocenters. The van der Waals surface area contributed by atoms with Crippen molar-refractivity contribution in [3.8, 4) is 0 Å². The van der Waals surface area contributed by atoms with Gasteiger partial charge in [-0.05, 0) is 37.1 Å². The molecule has 0 radical (unpaired) electrons. The fourth-order valence-corrected chi connectivity index (χ4v) is 4.17. The summed E-state index contributed by atoms with van der Waals surface area (Å²) in [6.45, 7) is 0.908. The largest absolute Gasteiger partial charge is 0.481 e. The fraction of sp³-hybridized carbons (Fsp3) is 0.526. The minimum atomic E-state index is -0.929. The number of piperidine rings is 1. The van der Waals surface area contributed by atoms with Crippen molar-refractivity contribution < 1.29 is 19.5 Å². The maximum Gasteiger partial charge on any atom is 0.309 e. The van der Waals surface area contributed by atoms with E-state index in [1.807, 2.05) is 43.3 Å². The first-order chi connectivity index (χ1) is 12.3. The Labute approximate surface area is 153 Å². The van der Waals surface area contributed by atoms with Gasteiger partial charge in [-0.15, -0.1) is 0 Å². The molecule has 1 unspecified atom stereocenters. The number of carbonyl (C=O) groups excluding carboxylic acids is 2. The van der Waals surface area contributed by atoms with Gasteiger partial charge in [0.15, 0.2) is 0 Å². The van der Waals surface area contributed by atoms with Crippen LogP contribution in [0, 0.1) is 5.92 Å². The Bertz CT molecular complexity index is 721. The van der Waals surface area contributed by atoms with Crippen molar-refractivity contribution in [3.05, 3.63) is 29.8 Å². The Kier molecular flexibility index (Phi) is 4.64. The molecule has 0 bridgehead atoms. The molecule has 3 rings (SSSR count). The summed E-state index contributed by atoms with van der Waals surface area (Å²) < 4.78 is 0. The molecule has 1 spiro atoms. The quantitative estimate of drug-likeness (QED) is 0.880. The van der Waals surface area contributed by atoms with E-state index < -0.39 is 17.4 Å². The highest BCUT2D eigenvalue weighted by Gasteiger charge is 2.55. The first kappa shape index (κ1) is 18.2. The van der Waals surface area contributed by atoms with Crippen LogP contribution in [-0.2, 0) is 9.59 Å². The van der Waals surface area contributed by atoms with Crippen LogP contribution in [-0.4, -0.2) is 72.5 Å². The minimum absolute atomic E-state index is 0.0474. The van der Waals surface area contributed by atoms with Gasteiger partial charge in [0.2, 0.25) is 5.91 Å². The van der Waals surface area contributed by atoms with Crippen LogP contribution in [0.4, 0.5) is 5.69 Å². The van der Waals surface area contributed by atoms with Crippen molar-refractivity contribution in [3.63, 3.8) is 0 Å². The van der Waals surface area contributed by atoms with E-state index in [-0.39, 0.29) is 18.2 Å². The number of rotatable bonds is 3. The standard InChI is InChI=1S/C19H25N3O4/c1-20(2)14-6-4-13(5-7-14)17(24)22-10-8-19(9-11-22)15(18(25)26)12-16(23)21(19)3/h4-7,15H,8-12H2,1-3H3,(H,25,26). The normalized spacial score (nSPS) is 22.0. The van der Waals surface area contributed by atoms with Crippen molar-refractivity contribution in [2.24, 2.45) is 5.92 Å². The lowest BCUT2D eigenvalue weighted by molar-refractivity contribution is -0.145. The zero-order valence-electron chi connectivity index (χ0n) is 15.4. The number of carboxylic acid groups (broad SMARTS) is 1. The topological polar surface area (TPSA) is 81.2 Å². The summed E-state index contributed by atoms with van der Waals surface area (Å²) >= 11 is 0. The molecule has 2 aliphatic rings. The van der Waals surface area contributed by atoms with Crippen molar-refractivity contribution >= 4 is 23.5 Å². The first-order valence-corrected chi connectivity index (χ1v) is 8.82. The second kappa shape index (κ2) is 6.63.